The van der Waals surface area contributed by atoms with Gasteiger partial charge >= 0.3 is 0 Å². The highest BCUT2D eigenvalue weighted by molar-refractivity contribution is 6.37. The van der Waals surface area contributed by atoms with E-state index in [-0.39, 0.29) is 5.91 Å². The Morgan fingerprint density at radius 2 is 1.76 bits per heavy atom. The number of carbonyl (C=O) groups excluding carboxylic acids is 1. The summed E-state index contributed by atoms with van der Waals surface area (Å²) in [5, 5.41) is 0.893. The lowest BCUT2D eigenvalue weighted by Gasteiger charge is -2.18. The number of rotatable bonds is 2. The second kappa shape index (κ2) is 6.51. The van der Waals surface area contributed by atoms with Crippen molar-refractivity contribution in [1.29, 1.82) is 0 Å². The van der Waals surface area contributed by atoms with Crippen molar-refractivity contribution < 1.29 is 4.79 Å². The molecule has 0 unspecified atom stereocenters. The molecule has 0 saturated carbocycles. The van der Waals surface area contributed by atoms with Crippen LogP contribution in [0.1, 0.15) is 15.9 Å². The van der Waals surface area contributed by atoms with Crippen molar-refractivity contribution in [3.8, 4) is 11.1 Å². The van der Waals surface area contributed by atoms with Crippen LogP contribution in [0.3, 0.4) is 0 Å². The quantitative estimate of drug-likeness (QED) is 0.618. The predicted octanol–water partition coefficient (Wildman–Crippen LogP) is 5.26. The summed E-state index contributed by atoms with van der Waals surface area (Å²) in [6.45, 7) is 0.646. The molecule has 5 heteroatoms. The molecule has 0 N–H and O–H groups in total. The predicted molar refractivity (Wildman–Crippen MR) is 102 cm³/mol. The van der Waals surface area contributed by atoms with Crippen LogP contribution in [0, 0.1) is 0 Å². The minimum Gasteiger partial charge on any atom is -0.308 e. The molecule has 1 aliphatic rings. The Balaban J connectivity index is 1.67. The smallest absolute Gasteiger partial charge is 0.259 e. The van der Waals surface area contributed by atoms with Crippen LogP contribution >= 0.6 is 23.2 Å². The molecule has 0 radical (unpaired) electrons. The van der Waals surface area contributed by atoms with E-state index in [1.54, 1.807) is 35.5 Å². The van der Waals surface area contributed by atoms with Crippen molar-refractivity contribution >= 4 is 34.8 Å². The highest BCUT2D eigenvalue weighted by atomic mass is 35.5. The van der Waals surface area contributed by atoms with Crippen molar-refractivity contribution in [2.75, 3.05) is 11.4 Å². The summed E-state index contributed by atoms with van der Waals surface area (Å²) in [5.74, 6) is -0.0999. The van der Waals surface area contributed by atoms with E-state index in [0.29, 0.717) is 22.2 Å². The number of fused-ring (bicyclic) bond motifs is 1. The maximum atomic E-state index is 12.9. The van der Waals surface area contributed by atoms with Gasteiger partial charge in [-0.05, 0) is 65.6 Å². The third kappa shape index (κ3) is 3.01. The molecule has 0 fully saturated rings. The number of halogens is 2. The molecule has 0 atom stereocenters. The lowest BCUT2D eigenvalue weighted by molar-refractivity contribution is 0.0989. The Labute approximate surface area is 155 Å². The number of anilines is 1. The van der Waals surface area contributed by atoms with Crippen LogP contribution in [-0.4, -0.2) is 17.4 Å². The summed E-state index contributed by atoms with van der Waals surface area (Å²) >= 11 is 12.1. The van der Waals surface area contributed by atoms with E-state index in [9.17, 15) is 4.79 Å². The van der Waals surface area contributed by atoms with E-state index in [1.165, 1.54) is 0 Å². The zero-order valence-electron chi connectivity index (χ0n) is 13.2. The molecule has 2 heterocycles. The normalized spacial score (nSPS) is 13.0. The van der Waals surface area contributed by atoms with E-state index in [4.69, 9.17) is 23.2 Å². The lowest BCUT2D eigenvalue weighted by Crippen LogP contribution is -2.29. The number of amides is 1. The molecule has 1 amide bonds. The minimum absolute atomic E-state index is 0.0999. The third-order valence-corrected chi connectivity index (χ3v) is 4.94. The van der Waals surface area contributed by atoms with Crippen molar-refractivity contribution in [3.05, 3.63) is 82.1 Å². The lowest BCUT2D eigenvalue weighted by atomic mass is 10.0. The molecule has 3 nitrogen and oxygen atoms in total. The Morgan fingerprint density at radius 3 is 2.52 bits per heavy atom. The fraction of sp³-hybridized carbons (Fsp3) is 0.100. The van der Waals surface area contributed by atoms with Gasteiger partial charge in [0.05, 0.1) is 10.6 Å². The van der Waals surface area contributed by atoms with E-state index in [0.717, 1.165) is 28.8 Å². The van der Waals surface area contributed by atoms with E-state index in [2.05, 4.69) is 11.1 Å². The van der Waals surface area contributed by atoms with Gasteiger partial charge in [-0.1, -0.05) is 29.3 Å². The molecule has 4 rings (SSSR count). The Hall–Kier alpha value is -2.36. The summed E-state index contributed by atoms with van der Waals surface area (Å²) in [6, 6.07) is 15.1. The molecule has 0 aliphatic carbocycles. The van der Waals surface area contributed by atoms with Gasteiger partial charge < -0.3 is 4.90 Å². The SMILES string of the molecule is O=C(c1ccc(Cl)cc1Cl)N1CCc2cc(-c3ccncc3)ccc21. The summed E-state index contributed by atoms with van der Waals surface area (Å²) in [6.07, 6.45) is 4.38. The zero-order chi connectivity index (χ0) is 17.4. The average Bonchev–Trinajstić information content (AvgIpc) is 3.05. The van der Waals surface area contributed by atoms with Crippen molar-refractivity contribution in [2.45, 2.75) is 6.42 Å². The maximum Gasteiger partial charge on any atom is 0.259 e. The van der Waals surface area contributed by atoms with Crippen LogP contribution in [-0.2, 0) is 6.42 Å². The molecular formula is C20H14Cl2N2O. The van der Waals surface area contributed by atoms with Crippen molar-refractivity contribution in [3.63, 3.8) is 0 Å². The minimum atomic E-state index is -0.0999. The van der Waals surface area contributed by atoms with E-state index in [1.807, 2.05) is 24.3 Å². The second-order valence-corrected chi connectivity index (χ2v) is 6.75. The van der Waals surface area contributed by atoms with Crippen LogP contribution in [0.4, 0.5) is 5.69 Å². The van der Waals surface area contributed by atoms with Gasteiger partial charge in [0.15, 0.2) is 0 Å². The van der Waals surface area contributed by atoms with Crippen molar-refractivity contribution in [1.82, 2.24) is 4.98 Å². The first kappa shape index (κ1) is 16.1. The largest absolute Gasteiger partial charge is 0.308 e. The van der Waals surface area contributed by atoms with Crippen LogP contribution in [0.25, 0.3) is 11.1 Å². The molecule has 0 spiro atoms. The summed E-state index contributed by atoms with van der Waals surface area (Å²) in [7, 11) is 0. The second-order valence-electron chi connectivity index (χ2n) is 5.91. The van der Waals surface area contributed by atoms with Gasteiger partial charge in [0.2, 0.25) is 0 Å². The van der Waals surface area contributed by atoms with Gasteiger partial charge in [-0.2, -0.15) is 0 Å². The van der Waals surface area contributed by atoms with Gasteiger partial charge in [-0.3, -0.25) is 9.78 Å². The third-order valence-electron chi connectivity index (χ3n) is 4.40. The van der Waals surface area contributed by atoms with E-state index >= 15 is 0 Å². The summed E-state index contributed by atoms with van der Waals surface area (Å²) in [5.41, 5.74) is 4.81. The van der Waals surface area contributed by atoms with Crippen LogP contribution in [0.15, 0.2) is 60.9 Å². The number of nitrogens with zero attached hydrogens (tertiary/aromatic N) is 2. The fourth-order valence-corrected chi connectivity index (χ4v) is 3.63. The van der Waals surface area contributed by atoms with Crippen LogP contribution in [0.5, 0.6) is 0 Å². The molecule has 1 aromatic heterocycles. The summed E-state index contributed by atoms with van der Waals surface area (Å²) in [4.78, 5) is 18.7. The summed E-state index contributed by atoms with van der Waals surface area (Å²) < 4.78 is 0. The number of pyridine rings is 1. The molecule has 1 aliphatic heterocycles. The number of hydrogen-bond acceptors (Lipinski definition) is 2. The molecule has 0 saturated heterocycles. The van der Waals surface area contributed by atoms with Crippen LogP contribution in [0.2, 0.25) is 10.0 Å². The van der Waals surface area contributed by atoms with E-state index < -0.39 is 0 Å². The first-order valence-electron chi connectivity index (χ1n) is 7.94. The first-order valence-corrected chi connectivity index (χ1v) is 8.69. The molecule has 0 bridgehead atoms. The van der Waals surface area contributed by atoms with Gasteiger partial charge in [0, 0.05) is 29.6 Å². The standard InChI is InChI=1S/C20H14Cl2N2O/c21-16-2-3-17(18(22)12-16)20(25)24-10-7-15-11-14(1-4-19(15)24)13-5-8-23-9-6-13/h1-6,8-9,11-12H,7,10H2. The first-order chi connectivity index (χ1) is 12.1. The average molecular weight is 369 g/mol. The molecule has 2 aromatic carbocycles. The molecule has 25 heavy (non-hydrogen) atoms. The van der Waals surface area contributed by atoms with Crippen LogP contribution < -0.4 is 4.90 Å². The Kier molecular flexibility index (Phi) is 4.20. The zero-order valence-corrected chi connectivity index (χ0v) is 14.8. The number of hydrogen-bond donors (Lipinski definition) is 0. The maximum absolute atomic E-state index is 12.9. The number of carbonyl (C=O) groups is 1. The monoisotopic (exact) mass is 368 g/mol. The highest BCUT2D eigenvalue weighted by Gasteiger charge is 2.27. The Bertz CT molecular complexity index is 957. The molecule has 124 valence electrons. The van der Waals surface area contributed by atoms with Gasteiger partial charge in [0.25, 0.3) is 5.91 Å². The molecule has 3 aromatic rings. The number of aromatic nitrogens is 1. The molecular weight excluding hydrogens is 355 g/mol. The topological polar surface area (TPSA) is 33.2 Å². The van der Waals surface area contributed by atoms with Gasteiger partial charge in [0.1, 0.15) is 0 Å². The fourth-order valence-electron chi connectivity index (χ4n) is 3.14. The highest BCUT2D eigenvalue weighted by Crippen LogP contribution is 2.34. The Morgan fingerprint density at radius 1 is 0.960 bits per heavy atom. The van der Waals surface area contributed by atoms with Gasteiger partial charge in [-0.25, -0.2) is 0 Å². The van der Waals surface area contributed by atoms with Gasteiger partial charge in [-0.15, -0.1) is 0 Å². The number of benzene rings is 2. The van der Waals surface area contributed by atoms with Crippen molar-refractivity contribution in [2.24, 2.45) is 0 Å².